The van der Waals surface area contributed by atoms with Crippen LogP contribution in [0.2, 0.25) is 0 Å². The number of nitrogens with zero attached hydrogens (tertiary/aromatic N) is 3. The number of carbonyl (C=O) groups excluding carboxylic acids is 1. The lowest BCUT2D eigenvalue weighted by Gasteiger charge is -2.08. The van der Waals surface area contributed by atoms with Gasteiger partial charge in [-0.15, -0.1) is 0 Å². The number of carbonyl (C=O) groups is 1. The molecule has 0 spiro atoms. The largest absolute Gasteiger partial charge is 0.439 e. The van der Waals surface area contributed by atoms with E-state index in [4.69, 9.17) is 4.74 Å². The Morgan fingerprint density at radius 2 is 1.75 bits per heavy atom. The average Bonchev–Trinajstić information content (AvgIpc) is 2.64. The summed E-state index contributed by atoms with van der Waals surface area (Å²) in [5.74, 6) is 1.29. The SMILES string of the molecule is Cc1cc(C)nc(SCC(=O)Nc2ccc(Oc3ccc(C)c(C)c3)nc2)n1. The molecule has 0 atom stereocenters. The molecule has 0 saturated heterocycles. The molecule has 0 fully saturated rings. The second-order valence-electron chi connectivity index (χ2n) is 6.50. The summed E-state index contributed by atoms with van der Waals surface area (Å²) in [5.41, 5.74) is 4.76. The Bertz CT molecular complexity index is 970. The Morgan fingerprint density at radius 1 is 1.00 bits per heavy atom. The molecule has 1 amide bonds. The van der Waals surface area contributed by atoms with Crippen molar-refractivity contribution in [2.24, 2.45) is 0 Å². The molecule has 0 unspecified atom stereocenters. The topological polar surface area (TPSA) is 77.0 Å². The molecule has 0 radical (unpaired) electrons. The first-order valence-corrected chi connectivity index (χ1v) is 9.84. The smallest absolute Gasteiger partial charge is 0.234 e. The van der Waals surface area contributed by atoms with Crippen molar-refractivity contribution in [2.75, 3.05) is 11.1 Å². The van der Waals surface area contributed by atoms with Crippen molar-refractivity contribution in [3.8, 4) is 11.6 Å². The molecule has 0 saturated carbocycles. The molecule has 2 heterocycles. The molecule has 0 aliphatic carbocycles. The zero-order chi connectivity index (χ0) is 20.1. The van der Waals surface area contributed by atoms with E-state index in [0.29, 0.717) is 16.7 Å². The first-order chi connectivity index (χ1) is 13.4. The number of pyridine rings is 1. The van der Waals surface area contributed by atoms with Crippen LogP contribution in [0.15, 0.2) is 47.8 Å². The van der Waals surface area contributed by atoms with Crippen LogP contribution in [-0.2, 0) is 4.79 Å². The molecule has 3 aromatic rings. The predicted octanol–water partition coefficient (Wildman–Crippen LogP) is 4.63. The summed E-state index contributed by atoms with van der Waals surface area (Å²) in [7, 11) is 0. The number of rotatable bonds is 6. The molecule has 7 heteroatoms. The van der Waals surface area contributed by atoms with Gasteiger partial charge in [0.15, 0.2) is 5.16 Å². The Balaban J connectivity index is 1.54. The normalized spacial score (nSPS) is 10.6. The van der Waals surface area contributed by atoms with Gasteiger partial charge >= 0.3 is 0 Å². The van der Waals surface area contributed by atoms with Crippen LogP contribution in [0.1, 0.15) is 22.5 Å². The van der Waals surface area contributed by atoms with E-state index in [1.54, 1.807) is 18.3 Å². The van der Waals surface area contributed by atoms with Gasteiger partial charge in [0.2, 0.25) is 11.8 Å². The standard InChI is InChI=1S/C21H22N4O2S/c1-13-5-7-18(9-14(13)2)27-20-8-6-17(11-22-20)25-19(26)12-28-21-23-15(3)10-16(4)24-21/h5-11H,12H2,1-4H3,(H,25,26). The summed E-state index contributed by atoms with van der Waals surface area (Å²) in [6, 6.07) is 11.3. The molecule has 3 rings (SSSR count). The second kappa shape index (κ2) is 8.84. The van der Waals surface area contributed by atoms with Crippen molar-refractivity contribution in [3.63, 3.8) is 0 Å². The molecule has 0 aliphatic heterocycles. The minimum absolute atomic E-state index is 0.141. The van der Waals surface area contributed by atoms with Crippen LogP contribution >= 0.6 is 11.8 Å². The van der Waals surface area contributed by atoms with Gasteiger partial charge in [-0.25, -0.2) is 15.0 Å². The van der Waals surface area contributed by atoms with Gasteiger partial charge in [-0.1, -0.05) is 17.8 Å². The fraction of sp³-hybridized carbons (Fsp3) is 0.238. The van der Waals surface area contributed by atoms with Gasteiger partial charge in [-0.3, -0.25) is 4.79 Å². The third kappa shape index (κ3) is 5.53. The van der Waals surface area contributed by atoms with Gasteiger partial charge < -0.3 is 10.1 Å². The molecular formula is C21H22N4O2S. The number of nitrogens with one attached hydrogen (secondary N) is 1. The highest BCUT2D eigenvalue weighted by Crippen LogP contribution is 2.23. The quantitative estimate of drug-likeness (QED) is 0.485. The summed E-state index contributed by atoms with van der Waals surface area (Å²) < 4.78 is 5.76. The van der Waals surface area contributed by atoms with Gasteiger partial charge in [-0.05, 0) is 63.1 Å². The van der Waals surface area contributed by atoms with Crippen molar-refractivity contribution < 1.29 is 9.53 Å². The number of ether oxygens (including phenoxy) is 1. The van der Waals surface area contributed by atoms with Crippen molar-refractivity contribution in [1.29, 1.82) is 0 Å². The monoisotopic (exact) mass is 394 g/mol. The zero-order valence-electron chi connectivity index (χ0n) is 16.3. The lowest BCUT2D eigenvalue weighted by atomic mass is 10.1. The van der Waals surface area contributed by atoms with Crippen LogP contribution in [0.25, 0.3) is 0 Å². The molecule has 0 bridgehead atoms. The highest BCUT2D eigenvalue weighted by atomic mass is 32.2. The Labute approximate surface area is 168 Å². The predicted molar refractivity (Wildman–Crippen MR) is 111 cm³/mol. The van der Waals surface area contributed by atoms with Gasteiger partial charge in [0.1, 0.15) is 5.75 Å². The minimum atomic E-state index is -0.141. The number of hydrogen-bond donors (Lipinski definition) is 1. The lowest BCUT2D eigenvalue weighted by molar-refractivity contribution is -0.113. The number of aromatic nitrogens is 3. The number of thioether (sulfide) groups is 1. The van der Waals surface area contributed by atoms with Gasteiger partial charge in [-0.2, -0.15) is 0 Å². The van der Waals surface area contributed by atoms with E-state index in [2.05, 4.69) is 27.2 Å². The molecular weight excluding hydrogens is 372 g/mol. The summed E-state index contributed by atoms with van der Waals surface area (Å²) in [4.78, 5) is 25.0. The fourth-order valence-electron chi connectivity index (χ4n) is 2.50. The van der Waals surface area contributed by atoms with Crippen LogP contribution in [0.4, 0.5) is 5.69 Å². The fourth-order valence-corrected chi connectivity index (χ4v) is 3.25. The van der Waals surface area contributed by atoms with Crippen LogP contribution in [0.3, 0.4) is 0 Å². The molecule has 2 aromatic heterocycles. The van der Waals surface area contributed by atoms with Crippen molar-refractivity contribution in [2.45, 2.75) is 32.9 Å². The molecule has 144 valence electrons. The summed E-state index contributed by atoms with van der Waals surface area (Å²) in [6.45, 7) is 7.91. The van der Waals surface area contributed by atoms with Crippen molar-refractivity contribution in [1.82, 2.24) is 15.0 Å². The first-order valence-electron chi connectivity index (χ1n) is 8.85. The lowest BCUT2D eigenvalue weighted by Crippen LogP contribution is -2.14. The highest BCUT2D eigenvalue weighted by Gasteiger charge is 2.08. The third-order valence-electron chi connectivity index (χ3n) is 4.02. The maximum Gasteiger partial charge on any atom is 0.234 e. The molecule has 1 aromatic carbocycles. The van der Waals surface area contributed by atoms with E-state index in [9.17, 15) is 4.79 Å². The van der Waals surface area contributed by atoms with Crippen molar-refractivity contribution >= 4 is 23.4 Å². The number of aryl methyl sites for hydroxylation is 4. The van der Waals surface area contributed by atoms with E-state index >= 15 is 0 Å². The van der Waals surface area contributed by atoms with Crippen LogP contribution in [-0.4, -0.2) is 26.6 Å². The highest BCUT2D eigenvalue weighted by molar-refractivity contribution is 7.99. The van der Waals surface area contributed by atoms with Crippen LogP contribution < -0.4 is 10.1 Å². The summed E-state index contributed by atoms with van der Waals surface area (Å²) in [6.07, 6.45) is 1.58. The second-order valence-corrected chi connectivity index (χ2v) is 7.45. The number of anilines is 1. The summed E-state index contributed by atoms with van der Waals surface area (Å²) in [5, 5.41) is 3.42. The first kappa shape index (κ1) is 19.8. The Hall–Kier alpha value is -2.93. The van der Waals surface area contributed by atoms with E-state index < -0.39 is 0 Å². The average molecular weight is 395 g/mol. The summed E-state index contributed by atoms with van der Waals surface area (Å²) >= 11 is 1.30. The zero-order valence-corrected chi connectivity index (χ0v) is 17.1. The maximum absolute atomic E-state index is 12.2. The minimum Gasteiger partial charge on any atom is -0.439 e. The maximum atomic E-state index is 12.2. The van der Waals surface area contributed by atoms with Gasteiger partial charge in [0.05, 0.1) is 17.6 Å². The molecule has 1 N–H and O–H groups in total. The number of benzene rings is 1. The molecule has 28 heavy (non-hydrogen) atoms. The van der Waals surface area contributed by atoms with Gasteiger partial charge in [0.25, 0.3) is 0 Å². The third-order valence-corrected chi connectivity index (χ3v) is 4.86. The van der Waals surface area contributed by atoms with E-state index in [-0.39, 0.29) is 11.7 Å². The number of hydrogen-bond acceptors (Lipinski definition) is 6. The Kier molecular flexibility index (Phi) is 6.26. The van der Waals surface area contributed by atoms with Crippen LogP contribution in [0, 0.1) is 27.7 Å². The van der Waals surface area contributed by atoms with E-state index in [1.165, 1.54) is 17.3 Å². The van der Waals surface area contributed by atoms with Crippen molar-refractivity contribution in [3.05, 3.63) is 65.1 Å². The van der Waals surface area contributed by atoms with Gasteiger partial charge in [0, 0.05) is 17.5 Å². The van der Waals surface area contributed by atoms with E-state index in [0.717, 1.165) is 22.7 Å². The molecule has 6 nitrogen and oxygen atoms in total. The molecule has 0 aliphatic rings. The Morgan fingerprint density at radius 3 is 2.39 bits per heavy atom. The van der Waals surface area contributed by atoms with E-state index in [1.807, 2.05) is 45.0 Å². The van der Waals surface area contributed by atoms with Crippen LogP contribution in [0.5, 0.6) is 11.6 Å². The number of amides is 1.